The van der Waals surface area contributed by atoms with Gasteiger partial charge in [0.05, 0.1) is 12.1 Å². The molecule has 19 heavy (non-hydrogen) atoms. The molecular weight excluding hydrogens is 252 g/mol. The number of quaternary nitrogens is 1. The zero-order valence-corrected chi connectivity index (χ0v) is 10.2. The van der Waals surface area contributed by atoms with Crippen molar-refractivity contribution in [3.05, 3.63) is 23.4 Å². The molecule has 0 spiro atoms. The number of carboxylic acid groups (broad SMARTS) is 1. The number of aliphatic hydroxyl groups is 1. The average Bonchev–Trinajstić information content (AvgIpc) is 2.82. The summed E-state index contributed by atoms with van der Waals surface area (Å²) in [6.45, 7) is 2.39. The Kier molecular flexibility index (Phi) is 2.49. The van der Waals surface area contributed by atoms with E-state index in [1.54, 1.807) is 17.6 Å². The third-order valence-electron chi connectivity index (χ3n) is 3.15. The number of aliphatic carboxylic acids is 1. The number of rotatable bonds is 2. The SMILES string of the molecule is CCN1[NH2+]c2cc3c(cc2C(O)=C1C(=O)O)OCO3. The molecule has 2 heterocycles. The molecule has 7 nitrogen and oxygen atoms in total. The lowest BCUT2D eigenvalue weighted by atomic mass is 10.1. The zero-order valence-electron chi connectivity index (χ0n) is 10.2. The lowest BCUT2D eigenvalue weighted by molar-refractivity contribution is -0.727. The molecule has 0 saturated carbocycles. The number of benzene rings is 1. The smallest absolute Gasteiger partial charge is 0.361 e. The molecule has 0 aliphatic carbocycles. The highest BCUT2D eigenvalue weighted by Gasteiger charge is 2.34. The van der Waals surface area contributed by atoms with Crippen molar-refractivity contribution in [2.75, 3.05) is 13.3 Å². The summed E-state index contributed by atoms with van der Waals surface area (Å²) >= 11 is 0. The van der Waals surface area contributed by atoms with Crippen LogP contribution in [0.15, 0.2) is 17.8 Å². The number of carboxylic acids is 1. The van der Waals surface area contributed by atoms with Gasteiger partial charge in [-0.3, -0.25) is 0 Å². The second kappa shape index (κ2) is 4.06. The quantitative estimate of drug-likeness (QED) is 0.521. The summed E-state index contributed by atoms with van der Waals surface area (Å²) in [5.41, 5.74) is 2.69. The molecular formula is C12H13N2O5+. The van der Waals surface area contributed by atoms with E-state index in [1.165, 1.54) is 5.01 Å². The van der Waals surface area contributed by atoms with Crippen LogP contribution < -0.4 is 14.9 Å². The monoisotopic (exact) mass is 265 g/mol. The normalized spacial score (nSPS) is 16.6. The number of ether oxygens (including phenoxy) is 2. The maximum absolute atomic E-state index is 11.2. The zero-order chi connectivity index (χ0) is 13.6. The second-order valence-electron chi connectivity index (χ2n) is 4.21. The van der Waals surface area contributed by atoms with E-state index in [0.29, 0.717) is 29.3 Å². The van der Waals surface area contributed by atoms with Crippen molar-refractivity contribution < 1.29 is 29.9 Å². The Morgan fingerprint density at radius 1 is 1.42 bits per heavy atom. The van der Waals surface area contributed by atoms with Crippen LogP contribution in [0.1, 0.15) is 12.5 Å². The predicted molar refractivity (Wildman–Crippen MR) is 63.7 cm³/mol. The van der Waals surface area contributed by atoms with Gasteiger partial charge in [0.2, 0.25) is 12.5 Å². The maximum Gasteiger partial charge on any atom is 0.361 e. The number of likely N-dealkylation sites (N-methyl/N-ethyl adjacent to an activating group) is 1. The molecule has 0 unspecified atom stereocenters. The number of hydrogen-bond acceptors (Lipinski definition) is 5. The van der Waals surface area contributed by atoms with Gasteiger partial charge in [-0.1, -0.05) is 0 Å². The fraction of sp³-hybridized carbons (Fsp3) is 0.250. The topological polar surface area (TPSA) is 95.8 Å². The number of aliphatic hydroxyl groups excluding tert-OH is 1. The van der Waals surface area contributed by atoms with Crippen molar-refractivity contribution in [3.8, 4) is 11.5 Å². The first-order valence-corrected chi connectivity index (χ1v) is 5.84. The van der Waals surface area contributed by atoms with E-state index in [4.69, 9.17) is 9.47 Å². The minimum absolute atomic E-state index is 0.131. The van der Waals surface area contributed by atoms with Crippen LogP contribution in [0.2, 0.25) is 0 Å². The Morgan fingerprint density at radius 3 is 2.74 bits per heavy atom. The van der Waals surface area contributed by atoms with Crippen molar-refractivity contribution in [1.82, 2.24) is 5.01 Å². The van der Waals surface area contributed by atoms with Gasteiger partial charge in [0.25, 0.3) is 0 Å². The molecule has 2 aliphatic heterocycles. The molecule has 0 saturated heterocycles. The Hall–Kier alpha value is -2.41. The Bertz CT molecular complexity index is 596. The maximum atomic E-state index is 11.2. The third-order valence-corrected chi connectivity index (χ3v) is 3.15. The number of carbonyl (C=O) groups is 1. The van der Waals surface area contributed by atoms with Crippen molar-refractivity contribution in [2.45, 2.75) is 6.92 Å². The first-order chi connectivity index (χ1) is 9.11. The van der Waals surface area contributed by atoms with Gasteiger partial charge in [0, 0.05) is 12.1 Å². The molecule has 0 aromatic heterocycles. The summed E-state index contributed by atoms with van der Waals surface area (Å²) in [6, 6.07) is 3.33. The summed E-state index contributed by atoms with van der Waals surface area (Å²) in [6.07, 6.45) is 0. The largest absolute Gasteiger partial charge is 0.505 e. The van der Waals surface area contributed by atoms with Gasteiger partial charge in [0.15, 0.2) is 22.9 Å². The first-order valence-electron chi connectivity index (χ1n) is 5.84. The highest BCUT2D eigenvalue weighted by molar-refractivity contribution is 5.95. The van der Waals surface area contributed by atoms with Crippen molar-refractivity contribution >= 4 is 17.4 Å². The molecule has 1 aromatic carbocycles. The summed E-state index contributed by atoms with van der Waals surface area (Å²) in [7, 11) is 0. The molecule has 4 N–H and O–H groups in total. The van der Waals surface area contributed by atoms with Crippen LogP contribution in [0.4, 0.5) is 5.69 Å². The van der Waals surface area contributed by atoms with Crippen molar-refractivity contribution in [2.24, 2.45) is 0 Å². The number of hydrogen-bond donors (Lipinski definition) is 3. The number of nitrogens with zero attached hydrogens (tertiary/aromatic N) is 1. The highest BCUT2D eigenvalue weighted by atomic mass is 16.7. The third kappa shape index (κ3) is 1.66. The second-order valence-corrected chi connectivity index (χ2v) is 4.21. The van der Waals surface area contributed by atoms with E-state index in [-0.39, 0.29) is 18.2 Å². The van der Waals surface area contributed by atoms with Gasteiger partial charge in [-0.05, 0) is 6.92 Å². The number of fused-ring (bicyclic) bond motifs is 2. The predicted octanol–water partition coefficient (Wildman–Crippen LogP) is 0.172. The Balaban J connectivity index is 2.17. The highest BCUT2D eigenvalue weighted by Crippen LogP contribution is 2.39. The van der Waals surface area contributed by atoms with Gasteiger partial charge in [0.1, 0.15) is 0 Å². The van der Waals surface area contributed by atoms with E-state index < -0.39 is 5.97 Å². The van der Waals surface area contributed by atoms with Crippen LogP contribution in [0.25, 0.3) is 5.76 Å². The van der Waals surface area contributed by atoms with Crippen LogP contribution in [-0.2, 0) is 4.79 Å². The van der Waals surface area contributed by atoms with Crippen LogP contribution >= 0.6 is 0 Å². The summed E-state index contributed by atoms with van der Waals surface area (Å²) in [5, 5.41) is 20.8. The average molecular weight is 265 g/mol. The molecule has 1 aromatic rings. The summed E-state index contributed by atoms with van der Waals surface area (Å²) in [4.78, 5) is 11.2. The minimum atomic E-state index is -1.17. The fourth-order valence-electron chi connectivity index (χ4n) is 2.24. The fourth-order valence-corrected chi connectivity index (χ4v) is 2.24. The summed E-state index contributed by atoms with van der Waals surface area (Å²) in [5.74, 6) is -0.324. The van der Waals surface area contributed by atoms with Gasteiger partial charge in [-0.2, -0.15) is 0 Å². The van der Waals surface area contributed by atoms with E-state index in [2.05, 4.69) is 0 Å². The molecule has 100 valence electrons. The van der Waals surface area contributed by atoms with Crippen molar-refractivity contribution in [1.29, 1.82) is 0 Å². The number of nitrogens with two attached hydrogens (primary N) is 1. The van der Waals surface area contributed by atoms with Crippen LogP contribution in [-0.4, -0.2) is 34.5 Å². The molecule has 0 bridgehead atoms. The lowest BCUT2D eigenvalue weighted by Crippen LogP contribution is -2.89. The molecule has 0 amide bonds. The van der Waals surface area contributed by atoms with Crippen molar-refractivity contribution in [3.63, 3.8) is 0 Å². The van der Waals surface area contributed by atoms with Gasteiger partial charge in [-0.15, -0.1) is 0 Å². The van der Waals surface area contributed by atoms with Crippen LogP contribution in [0.5, 0.6) is 11.5 Å². The Labute approximate surface area is 108 Å². The van der Waals surface area contributed by atoms with Gasteiger partial charge < -0.3 is 19.7 Å². The van der Waals surface area contributed by atoms with Crippen LogP contribution in [0.3, 0.4) is 0 Å². The van der Waals surface area contributed by atoms with Gasteiger partial charge in [-0.25, -0.2) is 15.2 Å². The molecule has 7 heteroatoms. The van der Waals surface area contributed by atoms with Gasteiger partial charge >= 0.3 is 5.97 Å². The Morgan fingerprint density at radius 2 is 2.11 bits per heavy atom. The lowest BCUT2D eigenvalue weighted by Gasteiger charge is -2.26. The molecule has 0 atom stereocenters. The van der Waals surface area contributed by atoms with E-state index in [1.807, 2.05) is 6.92 Å². The molecule has 0 fully saturated rings. The van der Waals surface area contributed by atoms with Crippen LogP contribution in [0, 0.1) is 0 Å². The molecule has 3 rings (SSSR count). The molecule has 2 aliphatic rings. The standard InChI is InChI=1S/C12H12N2O5/c1-2-14-10(12(16)17)11(15)6-3-8-9(19-5-18-8)4-7(6)13-14/h3-4,13,15H,2,5H2,1H3,(H,16,17)/p+1. The first kappa shape index (κ1) is 11.7. The van der Waals surface area contributed by atoms with E-state index in [0.717, 1.165) is 0 Å². The molecule has 0 radical (unpaired) electrons. The van der Waals surface area contributed by atoms with E-state index in [9.17, 15) is 15.0 Å². The summed E-state index contributed by atoms with van der Waals surface area (Å²) < 4.78 is 10.5. The minimum Gasteiger partial charge on any atom is -0.505 e. The van der Waals surface area contributed by atoms with E-state index >= 15 is 0 Å².